The number of aromatic nitrogens is 2. The molecule has 0 fully saturated rings. The molecule has 2 aromatic rings. The lowest BCUT2D eigenvalue weighted by Crippen LogP contribution is -2.23. The Bertz CT molecular complexity index is 538. The summed E-state index contributed by atoms with van der Waals surface area (Å²) in [6.45, 7) is 6.83. The molecular formula is C15H21N5. The normalized spacial score (nSPS) is 10.8. The van der Waals surface area contributed by atoms with E-state index in [9.17, 15) is 0 Å². The Hall–Kier alpha value is -1.98. The lowest BCUT2D eigenvalue weighted by Gasteiger charge is -2.20. The number of rotatable bonds is 6. The minimum Gasteiger partial charge on any atom is -0.308 e. The lowest BCUT2D eigenvalue weighted by molar-refractivity contribution is 0.267. The maximum atomic E-state index is 5.31. The number of nitrogens with one attached hydrogen (secondary N) is 1. The van der Waals surface area contributed by atoms with Crippen molar-refractivity contribution < 1.29 is 0 Å². The molecule has 0 aliphatic carbocycles. The number of nitrogens with zero attached hydrogens (tertiary/aromatic N) is 3. The summed E-state index contributed by atoms with van der Waals surface area (Å²) in [5, 5.41) is 0. The van der Waals surface area contributed by atoms with Crippen molar-refractivity contribution in [2.45, 2.75) is 26.9 Å². The van der Waals surface area contributed by atoms with Crippen LogP contribution in [0.5, 0.6) is 0 Å². The quantitative estimate of drug-likeness (QED) is 0.622. The zero-order valence-electron chi connectivity index (χ0n) is 12.0. The molecule has 20 heavy (non-hydrogen) atoms. The first kappa shape index (κ1) is 14.4. The van der Waals surface area contributed by atoms with Gasteiger partial charge < -0.3 is 5.43 Å². The Morgan fingerprint density at radius 3 is 2.65 bits per heavy atom. The van der Waals surface area contributed by atoms with Gasteiger partial charge in [-0.1, -0.05) is 19.1 Å². The van der Waals surface area contributed by atoms with Gasteiger partial charge in [-0.3, -0.25) is 9.88 Å². The van der Waals surface area contributed by atoms with Gasteiger partial charge in [0.2, 0.25) is 0 Å². The first-order chi connectivity index (χ1) is 9.71. The van der Waals surface area contributed by atoms with E-state index in [0.29, 0.717) is 5.82 Å². The van der Waals surface area contributed by atoms with E-state index < -0.39 is 0 Å². The number of aryl methyl sites for hydroxylation is 1. The summed E-state index contributed by atoms with van der Waals surface area (Å²) in [4.78, 5) is 11.1. The summed E-state index contributed by atoms with van der Waals surface area (Å²) in [5.41, 5.74) is 5.85. The fourth-order valence-corrected chi connectivity index (χ4v) is 2.06. The summed E-state index contributed by atoms with van der Waals surface area (Å²) in [7, 11) is 0. The van der Waals surface area contributed by atoms with Gasteiger partial charge in [0.25, 0.3) is 0 Å². The highest BCUT2D eigenvalue weighted by Gasteiger charge is 2.06. The predicted molar refractivity (Wildman–Crippen MR) is 80.8 cm³/mol. The number of pyridine rings is 2. The summed E-state index contributed by atoms with van der Waals surface area (Å²) in [6.07, 6.45) is 1.85. The largest absolute Gasteiger partial charge is 0.308 e. The molecule has 2 rings (SSSR count). The molecule has 0 spiro atoms. The highest BCUT2D eigenvalue weighted by atomic mass is 15.2. The molecule has 2 aromatic heterocycles. The topological polar surface area (TPSA) is 67.1 Å². The lowest BCUT2D eigenvalue weighted by atomic mass is 10.2. The molecule has 0 aliphatic heterocycles. The third kappa shape index (κ3) is 4.01. The molecule has 5 heteroatoms. The van der Waals surface area contributed by atoms with Crippen LogP contribution < -0.4 is 11.3 Å². The highest BCUT2D eigenvalue weighted by Crippen LogP contribution is 2.10. The summed E-state index contributed by atoms with van der Waals surface area (Å²) in [5.74, 6) is 5.99. The van der Waals surface area contributed by atoms with E-state index in [1.165, 1.54) is 5.56 Å². The van der Waals surface area contributed by atoms with Crippen LogP contribution in [-0.2, 0) is 13.1 Å². The maximum absolute atomic E-state index is 5.31. The van der Waals surface area contributed by atoms with Gasteiger partial charge in [-0.05, 0) is 37.2 Å². The molecule has 0 amide bonds. The molecule has 5 nitrogen and oxygen atoms in total. The molecular weight excluding hydrogens is 250 g/mol. The molecule has 0 unspecified atom stereocenters. The molecule has 2 heterocycles. The fraction of sp³-hybridized carbons (Fsp3) is 0.333. The third-order valence-electron chi connectivity index (χ3n) is 3.16. The van der Waals surface area contributed by atoms with E-state index in [0.717, 1.165) is 31.0 Å². The predicted octanol–water partition coefficient (Wildman–Crippen LogP) is 2.09. The molecule has 0 saturated carbocycles. The van der Waals surface area contributed by atoms with Crippen molar-refractivity contribution in [3.05, 3.63) is 53.5 Å². The Morgan fingerprint density at radius 1 is 1.20 bits per heavy atom. The van der Waals surface area contributed by atoms with Crippen molar-refractivity contribution in [1.29, 1.82) is 0 Å². The number of hydrogen-bond acceptors (Lipinski definition) is 5. The first-order valence-corrected chi connectivity index (χ1v) is 6.77. The number of hydrazine groups is 1. The van der Waals surface area contributed by atoms with E-state index >= 15 is 0 Å². The number of hydrogen-bond donors (Lipinski definition) is 2. The Labute approximate surface area is 119 Å². The number of anilines is 1. The van der Waals surface area contributed by atoms with Crippen LogP contribution >= 0.6 is 0 Å². The van der Waals surface area contributed by atoms with Crippen molar-refractivity contribution in [3.8, 4) is 0 Å². The van der Waals surface area contributed by atoms with E-state index in [1.807, 2.05) is 31.3 Å². The Morgan fingerprint density at radius 2 is 2.05 bits per heavy atom. The zero-order chi connectivity index (χ0) is 14.4. The minimum absolute atomic E-state index is 0.678. The molecule has 0 bridgehead atoms. The second kappa shape index (κ2) is 6.98. The van der Waals surface area contributed by atoms with Gasteiger partial charge in [-0.2, -0.15) is 0 Å². The van der Waals surface area contributed by atoms with Crippen LogP contribution in [0.25, 0.3) is 0 Å². The zero-order valence-corrected chi connectivity index (χ0v) is 12.0. The molecule has 0 atom stereocenters. The second-order valence-corrected chi connectivity index (χ2v) is 4.77. The van der Waals surface area contributed by atoms with Gasteiger partial charge in [0.15, 0.2) is 0 Å². The van der Waals surface area contributed by atoms with Crippen molar-refractivity contribution in [2.24, 2.45) is 5.84 Å². The summed E-state index contributed by atoms with van der Waals surface area (Å²) >= 11 is 0. The van der Waals surface area contributed by atoms with Gasteiger partial charge in [-0.25, -0.2) is 10.8 Å². The molecule has 3 N–H and O–H groups in total. The van der Waals surface area contributed by atoms with Gasteiger partial charge in [0, 0.05) is 25.0 Å². The standard InChI is InChI=1S/C15H21N5/c1-3-20(11-14-6-4-5-12(2)18-14)10-13-7-8-15(19-16)17-9-13/h4-9H,3,10-11,16H2,1-2H3,(H,17,19). The van der Waals surface area contributed by atoms with Crippen molar-refractivity contribution >= 4 is 5.82 Å². The van der Waals surface area contributed by atoms with E-state index in [2.05, 4.69) is 39.4 Å². The average molecular weight is 271 g/mol. The fourth-order valence-electron chi connectivity index (χ4n) is 2.06. The summed E-state index contributed by atoms with van der Waals surface area (Å²) in [6, 6.07) is 10.1. The molecule has 0 saturated heterocycles. The van der Waals surface area contributed by atoms with Crippen LogP contribution in [0.1, 0.15) is 23.9 Å². The van der Waals surface area contributed by atoms with E-state index in [1.54, 1.807) is 0 Å². The number of nitrogens with two attached hydrogens (primary N) is 1. The minimum atomic E-state index is 0.678. The average Bonchev–Trinajstić information content (AvgIpc) is 2.47. The number of nitrogen functional groups attached to an aromatic ring is 1. The Balaban J connectivity index is 2.01. The Kier molecular flexibility index (Phi) is 5.03. The molecule has 106 valence electrons. The van der Waals surface area contributed by atoms with Crippen LogP contribution in [0.2, 0.25) is 0 Å². The molecule has 0 aromatic carbocycles. The smallest absolute Gasteiger partial charge is 0.139 e. The van der Waals surface area contributed by atoms with E-state index in [-0.39, 0.29) is 0 Å². The van der Waals surface area contributed by atoms with Crippen LogP contribution in [0, 0.1) is 6.92 Å². The van der Waals surface area contributed by atoms with Crippen molar-refractivity contribution in [2.75, 3.05) is 12.0 Å². The monoisotopic (exact) mass is 271 g/mol. The summed E-state index contributed by atoms with van der Waals surface area (Å²) < 4.78 is 0. The van der Waals surface area contributed by atoms with Crippen LogP contribution in [-0.4, -0.2) is 21.4 Å². The van der Waals surface area contributed by atoms with Crippen LogP contribution in [0.4, 0.5) is 5.82 Å². The first-order valence-electron chi connectivity index (χ1n) is 6.77. The van der Waals surface area contributed by atoms with E-state index in [4.69, 9.17) is 5.84 Å². The third-order valence-corrected chi connectivity index (χ3v) is 3.16. The SMILES string of the molecule is CCN(Cc1ccc(NN)nc1)Cc1cccc(C)n1. The molecule has 0 radical (unpaired) electrons. The van der Waals surface area contributed by atoms with Gasteiger partial charge in [0.1, 0.15) is 5.82 Å². The highest BCUT2D eigenvalue weighted by molar-refractivity contribution is 5.33. The second-order valence-electron chi connectivity index (χ2n) is 4.77. The maximum Gasteiger partial charge on any atom is 0.139 e. The van der Waals surface area contributed by atoms with Gasteiger partial charge in [0.05, 0.1) is 5.69 Å². The van der Waals surface area contributed by atoms with Crippen LogP contribution in [0.15, 0.2) is 36.5 Å². The molecule has 0 aliphatic rings. The van der Waals surface area contributed by atoms with Crippen molar-refractivity contribution in [3.63, 3.8) is 0 Å². The van der Waals surface area contributed by atoms with Gasteiger partial charge >= 0.3 is 0 Å². The van der Waals surface area contributed by atoms with Gasteiger partial charge in [-0.15, -0.1) is 0 Å². The van der Waals surface area contributed by atoms with Crippen molar-refractivity contribution in [1.82, 2.24) is 14.9 Å². The van der Waals surface area contributed by atoms with Crippen LogP contribution in [0.3, 0.4) is 0 Å².